The fourth-order valence-corrected chi connectivity index (χ4v) is 3.08. The van der Waals surface area contributed by atoms with E-state index >= 15 is 0 Å². The molecular formula is C16H12N4S. The first-order valence-electron chi connectivity index (χ1n) is 6.54. The molecule has 0 unspecified atom stereocenters. The lowest BCUT2D eigenvalue weighted by Gasteiger charge is -2.09. The Morgan fingerprint density at radius 2 is 1.90 bits per heavy atom. The van der Waals surface area contributed by atoms with Gasteiger partial charge in [0.2, 0.25) is 0 Å². The Labute approximate surface area is 125 Å². The van der Waals surface area contributed by atoms with Gasteiger partial charge in [-0.3, -0.25) is 4.98 Å². The third-order valence-corrected chi connectivity index (χ3v) is 4.17. The summed E-state index contributed by atoms with van der Waals surface area (Å²) in [5.41, 5.74) is 12.4. The van der Waals surface area contributed by atoms with Gasteiger partial charge >= 0.3 is 0 Å². The molecule has 2 aromatic carbocycles. The van der Waals surface area contributed by atoms with Crippen LogP contribution in [0.1, 0.15) is 0 Å². The lowest BCUT2D eigenvalue weighted by Crippen LogP contribution is -1.93. The summed E-state index contributed by atoms with van der Waals surface area (Å²) >= 11 is 1.64. The maximum atomic E-state index is 5.81. The van der Waals surface area contributed by atoms with Crippen molar-refractivity contribution in [3.63, 3.8) is 0 Å². The molecule has 0 saturated heterocycles. The Morgan fingerprint density at radius 1 is 0.952 bits per heavy atom. The zero-order valence-electron chi connectivity index (χ0n) is 11.1. The number of pyridine rings is 1. The van der Waals surface area contributed by atoms with Gasteiger partial charge in [0.25, 0.3) is 0 Å². The van der Waals surface area contributed by atoms with E-state index in [9.17, 15) is 0 Å². The molecule has 0 fully saturated rings. The van der Waals surface area contributed by atoms with E-state index in [4.69, 9.17) is 5.73 Å². The number of nitrogen functional groups attached to an aromatic ring is 1. The minimum atomic E-state index is 0.721. The molecule has 4 nitrogen and oxygen atoms in total. The first-order valence-corrected chi connectivity index (χ1v) is 7.42. The van der Waals surface area contributed by atoms with Crippen LogP contribution in [-0.4, -0.2) is 9.97 Å². The van der Waals surface area contributed by atoms with Crippen LogP contribution in [0.5, 0.6) is 0 Å². The predicted octanol–water partition coefficient (Wildman–Crippen LogP) is 4.17. The summed E-state index contributed by atoms with van der Waals surface area (Å²) in [7, 11) is 0. The zero-order chi connectivity index (χ0) is 14.2. The summed E-state index contributed by atoms with van der Waals surface area (Å²) in [6.07, 6.45) is 1.79. The number of nitrogens with two attached hydrogens (primary N) is 1. The van der Waals surface area contributed by atoms with Gasteiger partial charge in [-0.25, -0.2) is 4.98 Å². The number of nitrogens with one attached hydrogen (secondary N) is 1. The van der Waals surface area contributed by atoms with Crippen molar-refractivity contribution < 1.29 is 0 Å². The van der Waals surface area contributed by atoms with E-state index in [-0.39, 0.29) is 0 Å². The van der Waals surface area contributed by atoms with Crippen LogP contribution in [0.2, 0.25) is 0 Å². The van der Waals surface area contributed by atoms with E-state index in [2.05, 4.69) is 21.4 Å². The highest BCUT2D eigenvalue weighted by atomic mass is 32.1. The lowest BCUT2D eigenvalue weighted by molar-refractivity contribution is 1.40. The molecule has 2 aromatic heterocycles. The molecule has 4 rings (SSSR count). The van der Waals surface area contributed by atoms with E-state index in [1.165, 1.54) is 4.70 Å². The Kier molecular flexibility index (Phi) is 2.72. The molecule has 0 aliphatic carbocycles. The minimum Gasteiger partial charge on any atom is -0.399 e. The maximum Gasteiger partial charge on any atom is 0.0813 e. The van der Waals surface area contributed by atoms with Gasteiger partial charge in [-0.15, -0.1) is 11.3 Å². The fraction of sp³-hybridized carbons (Fsp3) is 0. The highest BCUT2D eigenvalue weighted by molar-refractivity contribution is 7.16. The van der Waals surface area contributed by atoms with Crippen molar-refractivity contribution in [2.24, 2.45) is 0 Å². The number of thiazole rings is 1. The molecule has 3 N–H and O–H groups in total. The Bertz CT molecular complexity index is 945. The van der Waals surface area contributed by atoms with Crippen LogP contribution < -0.4 is 11.1 Å². The van der Waals surface area contributed by atoms with Crippen molar-refractivity contribution in [2.45, 2.75) is 0 Å². The summed E-state index contributed by atoms with van der Waals surface area (Å²) in [4.78, 5) is 8.65. The second kappa shape index (κ2) is 4.71. The number of hydrogen-bond donors (Lipinski definition) is 2. The molecule has 0 aliphatic rings. The highest BCUT2D eigenvalue weighted by Crippen LogP contribution is 2.28. The van der Waals surface area contributed by atoms with Gasteiger partial charge in [-0.1, -0.05) is 0 Å². The smallest absolute Gasteiger partial charge is 0.0813 e. The van der Waals surface area contributed by atoms with Gasteiger partial charge in [0.1, 0.15) is 0 Å². The van der Waals surface area contributed by atoms with Crippen molar-refractivity contribution in [1.82, 2.24) is 9.97 Å². The summed E-state index contributed by atoms with van der Waals surface area (Å²) in [6, 6.07) is 13.9. The Morgan fingerprint density at radius 3 is 2.86 bits per heavy atom. The first kappa shape index (κ1) is 12.1. The van der Waals surface area contributed by atoms with E-state index in [1.807, 2.05) is 41.9 Å². The first-order chi connectivity index (χ1) is 10.3. The standard InChI is InChI=1S/C16H12N4S/c17-10-1-3-12-13(5-6-18-15(12)7-10)20-11-2-4-14-16(8-11)21-9-19-14/h1-9H,17H2,(H,18,20). The molecule has 0 aliphatic heterocycles. The average Bonchev–Trinajstić information content (AvgIpc) is 2.95. The largest absolute Gasteiger partial charge is 0.399 e. The molecule has 0 radical (unpaired) electrons. The predicted molar refractivity (Wildman–Crippen MR) is 89.1 cm³/mol. The molecule has 21 heavy (non-hydrogen) atoms. The number of anilines is 3. The van der Waals surface area contributed by atoms with Crippen LogP contribution in [0.25, 0.3) is 21.1 Å². The molecular weight excluding hydrogens is 280 g/mol. The van der Waals surface area contributed by atoms with Crippen LogP contribution in [0.3, 0.4) is 0 Å². The molecule has 0 atom stereocenters. The number of nitrogens with zero attached hydrogens (tertiary/aromatic N) is 2. The van der Waals surface area contributed by atoms with Crippen LogP contribution in [-0.2, 0) is 0 Å². The van der Waals surface area contributed by atoms with Gasteiger partial charge < -0.3 is 11.1 Å². The monoisotopic (exact) mass is 292 g/mol. The van der Waals surface area contributed by atoms with Crippen LogP contribution in [0.15, 0.2) is 54.2 Å². The van der Waals surface area contributed by atoms with Crippen molar-refractivity contribution in [1.29, 1.82) is 0 Å². The van der Waals surface area contributed by atoms with E-state index < -0.39 is 0 Å². The Balaban J connectivity index is 1.79. The molecule has 4 aromatic rings. The maximum absolute atomic E-state index is 5.81. The molecule has 0 spiro atoms. The van der Waals surface area contributed by atoms with Crippen molar-refractivity contribution in [3.05, 3.63) is 54.2 Å². The second-order valence-electron chi connectivity index (χ2n) is 4.79. The van der Waals surface area contributed by atoms with Crippen molar-refractivity contribution in [3.8, 4) is 0 Å². The van der Waals surface area contributed by atoms with E-state index in [0.717, 1.165) is 33.5 Å². The SMILES string of the molecule is Nc1ccc2c(Nc3ccc4ncsc4c3)ccnc2c1. The van der Waals surface area contributed by atoms with E-state index in [0.29, 0.717) is 0 Å². The third kappa shape index (κ3) is 2.17. The molecule has 2 heterocycles. The third-order valence-electron chi connectivity index (χ3n) is 3.38. The van der Waals surface area contributed by atoms with Crippen molar-refractivity contribution >= 4 is 49.5 Å². The topological polar surface area (TPSA) is 63.8 Å². The molecule has 0 saturated carbocycles. The highest BCUT2D eigenvalue weighted by Gasteiger charge is 2.04. The van der Waals surface area contributed by atoms with Gasteiger partial charge in [0, 0.05) is 28.6 Å². The van der Waals surface area contributed by atoms with Crippen LogP contribution in [0, 0.1) is 0 Å². The number of fused-ring (bicyclic) bond motifs is 2. The zero-order valence-corrected chi connectivity index (χ0v) is 11.9. The van der Waals surface area contributed by atoms with Gasteiger partial charge in [-0.05, 0) is 42.5 Å². The molecule has 5 heteroatoms. The summed E-state index contributed by atoms with van der Waals surface area (Å²) in [5.74, 6) is 0. The van der Waals surface area contributed by atoms with Crippen LogP contribution >= 0.6 is 11.3 Å². The van der Waals surface area contributed by atoms with E-state index in [1.54, 1.807) is 17.5 Å². The summed E-state index contributed by atoms with van der Waals surface area (Å²) in [5, 5.41) is 4.50. The number of rotatable bonds is 2. The quantitative estimate of drug-likeness (QED) is 0.544. The molecule has 102 valence electrons. The van der Waals surface area contributed by atoms with Gasteiger partial charge in [-0.2, -0.15) is 0 Å². The molecule has 0 amide bonds. The van der Waals surface area contributed by atoms with Crippen LogP contribution in [0.4, 0.5) is 17.1 Å². The van der Waals surface area contributed by atoms with Crippen molar-refractivity contribution in [2.75, 3.05) is 11.1 Å². The minimum absolute atomic E-state index is 0.721. The lowest BCUT2D eigenvalue weighted by atomic mass is 10.1. The summed E-state index contributed by atoms with van der Waals surface area (Å²) in [6.45, 7) is 0. The average molecular weight is 292 g/mol. The second-order valence-corrected chi connectivity index (χ2v) is 5.68. The number of benzene rings is 2. The van der Waals surface area contributed by atoms with Gasteiger partial charge in [0.15, 0.2) is 0 Å². The fourth-order valence-electron chi connectivity index (χ4n) is 2.36. The molecule has 0 bridgehead atoms. The number of hydrogen-bond acceptors (Lipinski definition) is 5. The Hall–Kier alpha value is -2.66. The normalized spacial score (nSPS) is 11.0. The summed E-state index contributed by atoms with van der Waals surface area (Å²) < 4.78 is 1.17. The van der Waals surface area contributed by atoms with Gasteiger partial charge in [0.05, 0.1) is 21.2 Å². The number of aromatic nitrogens is 2.